The lowest BCUT2D eigenvalue weighted by atomic mass is 10.1. The highest BCUT2D eigenvalue weighted by Crippen LogP contribution is 2.54. The first-order chi connectivity index (χ1) is 11.4. The summed E-state index contributed by atoms with van der Waals surface area (Å²) in [5, 5.41) is 4.04. The molecule has 1 aromatic carbocycles. The van der Waals surface area contributed by atoms with Crippen molar-refractivity contribution in [1.82, 2.24) is 0 Å². The molecule has 0 atom stereocenters. The van der Waals surface area contributed by atoms with Crippen molar-refractivity contribution in [3.05, 3.63) is 82.8 Å². The summed E-state index contributed by atoms with van der Waals surface area (Å²) < 4.78 is 0. The summed E-state index contributed by atoms with van der Waals surface area (Å²) in [6.45, 7) is 2.35. The maximum atomic E-state index is 3.44. The van der Waals surface area contributed by atoms with E-state index in [2.05, 4.69) is 64.9 Å². The van der Waals surface area contributed by atoms with Crippen LogP contribution >= 0.6 is 7.92 Å². The Bertz CT molecular complexity index is 755. The van der Waals surface area contributed by atoms with E-state index in [0.717, 1.165) is 0 Å². The maximum Gasteiger partial charge on any atom is 0.0451 e. The normalized spacial score (nSPS) is 18.9. The fourth-order valence-corrected chi connectivity index (χ4v) is 5.70. The monoisotopic (exact) mass is 317 g/mol. The SMILES string of the molecule is C1=CC=CC=1P(C1=C=CC=C1)c1ccccc1N1CCCCC1. The average Bonchev–Trinajstić information content (AvgIpc) is 3.31. The second-order valence-electron chi connectivity index (χ2n) is 5.98. The third kappa shape index (κ3) is 2.92. The van der Waals surface area contributed by atoms with E-state index in [-0.39, 0.29) is 0 Å². The highest BCUT2D eigenvalue weighted by molar-refractivity contribution is 7.74. The Morgan fingerprint density at radius 2 is 1.48 bits per heavy atom. The topological polar surface area (TPSA) is 3.24 Å². The minimum Gasteiger partial charge on any atom is -0.371 e. The number of hydrogen-bond acceptors (Lipinski definition) is 1. The molecule has 2 heteroatoms. The van der Waals surface area contributed by atoms with Gasteiger partial charge in [-0.25, -0.2) is 0 Å². The van der Waals surface area contributed by atoms with Crippen LogP contribution in [0.1, 0.15) is 19.3 Å². The number of nitrogens with zero attached hydrogens (tertiary/aromatic N) is 1. The maximum absolute atomic E-state index is 3.44. The first-order valence-electron chi connectivity index (χ1n) is 8.34. The molecule has 0 bridgehead atoms. The summed E-state index contributed by atoms with van der Waals surface area (Å²) in [5.74, 6) is 0. The van der Waals surface area contributed by atoms with E-state index < -0.39 is 7.92 Å². The molecule has 1 saturated heterocycles. The van der Waals surface area contributed by atoms with E-state index in [9.17, 15) is 0 Å². The van der Waals surface area contributed by atoms with Crippen LogP contribution in [0.5, 0.6) is 0 Å². The van der Waals surface area contributed by atoms with Gasteiger partial charge in [0.2, 0.25) is 0 Å². The predicted molar refractivity (Wildman–Crippen MR) is 101 cm³/mol. The van der Waals surface area contributed by atoms with Crippen molar-refractivity contribution >= 4 is 18.9 Å². The van der Waals surface area contributed by atoms with Crippen LogP contribution in [0.4, 0.5) is 5.69 Å². The van der Waals surface area contributed by atoms with Crippen molar-refractivity contribution in [3.8, 4) is 0 Å². The van der Waals surface area contributed by atoms with E-state index >= 15 is 0 Å². The van der Waals surface area contributed by atoms with Gasteiger partial charge in [0.25, 0.3) is 0 Å². The Hall–Kier alpha value is -2.03. The minimum atomic E-state index is -0.570. The Kier molecular flexibility index (Phi) is 4.18. The van der Waals surface area contributed by atoms with Crippen LogP contribution in [0.2, 0.25) is 0 Å². The molecule has 114 valence electrons. The van der Waals surface area contributed by atoms with Crippen molar-refractivity contribution in [1.29, 1.82) is 0 Å². The van der Waals surface area contributed by atoms with E-state index in [1.807, 2.05) is 12.2 Å². The molecule has 1 aromatic rings. The number of para-hydroxylation sites is 1. The largest absolute Gasteiger partial charge is 0.371 e. The lowest BCUT2D eigenvalue weighted by Gasteiger charge is -2.32. The Balaban J connectivity index is 1.80. The molecule has 1 nitrogen and oxygen atoms in total. The molecule has 3 aliphatic rings. The van der Waals surface area contributed by atoms with Gasteiger partial charge in [-0.2, -0.15) is 0 Å². The second-order valence-corrected chi connectivity index (χ2v) is 8.10. The molecular weight excluding hydrogens is 297 g/mol. The molecule has 1 aliphatic heterocycles. The number of allylic oxidation sites excluding steroid dienone is 6. The van der Waals surface area contributed by atoms with E-state index in [4.69, 9.17) is 0 Å². The molecule has 0 aromatic heterocycles. The van der Waals surface area contributed by atoms with Crippen molar-refractivity contribution in [2.45, 2.75) is 19.3 Å². The van der Waals surface area contributed by atoms with E-state index in [1.54, 1.807) is 0 Å². The summed E-state index contributed by atoms with van der Waals surface area (Å²) in [4.78, 5) is 2.57. The van der Waals surface area contributed by atoms with Crippen molar-refractivity contribution in [3.63, 3.8) is 0 Å². The zero-order chi connectivity index (χ0) is 15.5. The molecular formula is C21H20NP. The van der Waals surface area contributed by atoms with Gasteiger partial charge in [0.05, 0.1) is 0 Å². The third-order valence-corrected chi connectivity index (χ3v) is 6.84. The quantitative estimate of drug-likeness (QED) is 0.558. The lowest BCUT2D eigenvalue weighted by Crippen LogP contribution is -2.32. The second kappa shape index (κ2) is 6.61. The molecule has 23 heavy (non-hydrogen) atoms. The number of piperidine rings is 1. The van der Waals surface area contributed by atoms with Gasteiger partial charge in [-0.15, -0.1) is 11.5 Å². The number of benzene rings is 1. The molecule has 1 fully saturated rings. The summed E-state index contributed by atoms with van der Waals surface area (Å²) in [7, 11) is -0.570. The fourth-order valence-electron chi connectivity index (χ4n) is 3.36. The molecule has 4 rings (SSSR count). The molecule has 0 amide bonds. The molecule has 0 unspecified atom stereocenters. The van der Waals surface area contributed by atoms with Crippen molar-refractivity contribution in [2.75, 3.05) is 18.0 Å². The van der Waals surface area contributed by atoms with Crippen LogP contribution in [0.3, 0.4) is 0 Å². The zero-order valence-electron chi connectivity index (χ0n) is 13.2. The first-order valence-corrected chi connectivity index (χ1v) is 9.68. The standard InChI is InChI=1S/C21H20NP/c1-8-16-22(17-9-1)20-14-6-7-15-21(20)23(18-10-2-3-11-18)19-12-4-5-13-19/h2-7,10,12,14-15H,1,8-9,16-17H2. The molecule has 1 heterocycles. The molecule has 0 spiro atoms. The van der Waals surface area contributed by atoms with E-state index in [0.29, 0.717) is 0 Å². The van der Waals surface area contributed by atoms with Gasteiger partial charge in [-0.1, -0.05) is 30.4 Å². The Labute approximate surface area is 139 Å². The van der Waals surface area contributed by atoms with Crippen LogP contribution in [0.15, 0.2) is 82.8 Å². The highest BCUT2D eigenvalue weighted by Gasteiger charge is 2.25. The van der Waals surface area contributed by atoms with Crippen LogP contribution in [0, 0.1) is 0 Å². The zero-order valence-corrected chi connectivity index (χ0v) is 14.1. The van der Waals surface area contributed by atoms with Crippen LogP contribution < -0.4 is 10.2 Å². The summed E-state index contributed by atoms with van der Waals surface area (Å²) in [6, 6.07) is 8.94. The summed E-state index contributed by atoms with van der Waals surface area (Å²) in [6.07, 6.45) is 16.6. The number of hydrogen-bond donors (Lipinski definition) is 0. The van der Waals surface area contributed by atoms with Crippen LogP contribution in [0.25, 0.3) is 0 Å². The van der Waals surface area contributed by atoms with Crippen LogP contribution in [-0.2, 0) is 0 Å². The fraction of sp³-hybridized carbons (Fsp3) is 0.238. The lowest BCUT2D eigenvalue weighted by molar-refractivity contribution is 0.578. The molecule has 0 radical (unpaired) electrons. The van der Waals surface area contributed by atoms with Gasteiger partial charge < -0.3 is 4.90 Å². The Morgan fingerprint density at radius 3 is 2.09 bits per heavy atom. The predicted octanol–water partition coefficient (Wildman–Crippen LogP) is 5.00. The summed E-state index contributed by atoms with van der Waals surface area (Å²) >= 11 is 0. The van der Waals surface area contributed by atoms with Gasteiger partial charge in [0.15, 0.2) is 0 Å². The van der Waals surface area contributed by atoms with Crippen molar-refractivity contribution < 1.29 is 0 Å². The summed E-state index contributed by atoms with van der Waals surface area (Å²) in [5.41, 5.74) is 8.29. The van der Waals surface area contributed by atoms with Gasteiger partial charge >= 0.3 is 0 Å². The number of rotatable bonds is 4. The smallest absolute Gasteiger partial charge is 0.0451 e. The van der Waals surface area contributed by atoms with Gasteiger partial charge in [-0.05, 0) is 49.6 Å². The molecule has 2 aliphatic carbocycles. The van der Waals surface area contributed by atoms with Gasteiger partial charge in [0.1, 0.15) is 0 Å². The van der Waals surface area contributed by atoms with Crippen molar-refractivity contribution in [2.24, 2.45) is 0 Å². The average molecular weight is 317 g/mol. The molecule has 0 N–H and O–H groups in total. The van der Waals surface area contributed by atoms with Gasteiger partial charge in [0, 0.05) is 42.6 Å². The third-order valence-electron chi connectivity index (χ3n) is 4.46. The highest BCUT2D eigenvalue weighted by atomic mass is 31.1. The van der Waals surface area contributed by atoms with Gasteiger partial charge in [-0.3, -0.25) is 0 Å². The number of anilines is 1. The Morgan fingerprint density at radius 1 is 0.826 bits per heavy atom. The van der Waals surface area contributed by atoms with Crippen LogP contribution in [-0.4, -0.2) is 13.1 Å². The van der Waals surface area contributed by atoms with E-state index in [1.165, 1.54) is 54.0 Å². The minimum absolute atomic E-state index is 0.570. The first kappa shape index (κ1) is 14.6. The molecule has 0 saturated carbocycles.